The molecule has 0 aromatic carbocycles. The Morgan fingerprint density at radius 3 is 1.50 bits per heavy atom. The van der Waals surface area contributed by atoms with Crippen molar-refractivity contribution in [3.63, 3.8) is 0 Å². The molecule has 0 spiro atoms. The van der Waals surface area contributed by atoms with Gasteiger partial charge in [-0.2, -0.15) is 0 Å². The molecule has 0 fully saturated rings. The first-order chi connectivity index (χ1) is 6.51. The van der Waals surface area contributed by atoms with E-state index in [0.717, 1.165) is 12.2 Å². The van der Waals surface area contributed by atoms with Gasteiger partial charge in [-0.1, -0.05) is 13.2 Å². The molecule has 0 aliphatic heterocycles. The number of aliphatic hydroxyl groups is 2. The van der Waals surface area contributed by atoms with Crippen molar-refractivity contribution >= 4 is 11.8 Å². The van der Waals surface area contributed by atoms with Crippen molar-refractivity contribution in [2.75, 3.05) is 0 Å². The topological polar surface area (TPSA) is 98.7 Å². The molecule has 0 saturated heterocycles. The van der Waals surface area contributed by atoms with Gasteiger partial charge in [0.2, 0.25) is 11.8 Å². The number of amides is 2. The van der Waals surface area contributed by atoms with Gasteiger partial charge in [-0.15, -0.1) is 0 Å². The number of carbonyl (C=O) groups excluding carboxylic acids is 2. The quantitative estimate of drug-likeness (QED) is 0.312. The van der Waals surface area contributed by atoms with Crippen LogP contribution < -0.4 is 10.6 Å². The van der Waals surface area contributed by atoms with Gasteiger partial charge in [0.15, 0.2) is 12.5 Å². The molecule has 4 N–H and O–H groups in total. The number of hydrogen-bond donors (Lipinski definition) is 4. The van der Waals surface area contributed by atoms with E-state index in [-0.39, 0.29) is 0 Å². The molecule has 0 radical (unpaired) electrons. The predicted octanol–water partition coefficient (Wildman–Crippen LogP) is -1.77. The summed E-state index contributed by atoms with van der Waals surface area (Å²) in [6.07, 6.45) is -1.34. The highest BCUT2D eigenvalue weighted by molar-refractivity contribution is 5.88. The van der Waals surface area contributed by atoms with E-state index in [1.807, 2.05) is 10.6 Å². The van der Waals surface area contributed by atoms with Crippen molar-refractivity contribution < 1.29 is 19.8 Å². The van der Waals surface area contributed by atoms with E-state index >= 15 is 0 Å². The highest BCUT2D eigenvalue weighted by atomic mass is 16.4. The molecule has 0 aliphatic carbocycles. The first-order valence-electron chi connectivity index (χ1n) is 3.73. The predicted molar refractivity (Wildman–Crippen MR) is 48.7 cm³/mol. The summed E-state index contributed by atoms with van der Waals surface area (Å²) in [5.74, 6) is -1.33. The van der Waals surface area contributed by atoms with Crippen LogP contribution in [-0.4, -0.2) is 34.5 Å². The summed E-state index contributed by atoms with van der Waals surface area (Å²) in [6.45, 7) is 6.28. The second kappa shape index (κ2) is 5.90. The van der Waals surface area contributed by atoms with Crippen molar-refractivity contribution in [2.45, 2.75) is 12.5 Å². The minimum atomic E-state index is -1.59. The first-order valence-corrected chi connectivity index (χ1v) is 3.73. The smallest absolute Gasteiger partial charge is 0.245 e. The summed E-state index contributed by atoms with van der Waals surface area (Å²) in [5, 5.41) is 22.1. The minimum Gasteiger partial charge on any atom is -0.369 e. The average molecular weight is 200 g/mol. The second-order valence-electron chi connectivity index (χ2n) is 2.32. The van der Waals surface area contributed by atoms with Crippen LogP contribution in [0.5, 0.6) is 0 Å². The van der Waals surface area contributed by atoms with E-state index < -0.39 is 24.3 Å². The summed E-state index contributed by atoms with van der Waals surface area (Å²) in [5.41, 5.74) is 0. The molecule has 0 aromatic rings. The van der Waals surface area contributed by atoms with Crippen molar-refractivity contribution in [2.24, 2.45) is 0 Å². The van der Waals surface area contributed by atoms with Crippen LogP contribution in [0.4, 0.5) is 0 Å². The van der Waals surface area contributed by atoms with Gasteiger partial charge >= 0.3 is 0 Å². The summed E-state index contributed by atoms with van der Waals surface area (Å²) < 4.78 is 0. The van der Waals surface area contributed by atoms with E-state index in [9.17, 15) is 9.59 Å². The molecular formula is C8H12N2O4. The Labute approximate surface area is 80.9 Å². The third-order valence-electron chi connectivity index (χ3n) is 1.25. The van der Waals surface area contributed by atoms with Crippen LogP contribution in [0.15, 0.2) is 25.3 Å². The molecule has 0 aliphatic rings. The average Bonchev–Trinajstić information content (AvgIpc) is 2.17. The maximum atomic E-state index is 10.6. The maximum Gasteiger partial charge on any atom is 0.245 e. The molecule has 6 heteroatoms. The minimum absolute atomic E-state index is 0.663. The summed E-state index contributed by atoms with van der Waals surface area (Å²) in [6, 6.07) is 0. The number of aliphatic hydroxyl groups excluding tert-OH is 2. The second-order valence-corrected chi connectivity index (χ2v) is 2.32. The maximum absolute atomic E-state index is 10.6. The van der Waals surface area contributed by atoms with Gasteiger partial charge in [0.25, 0.3) is 0 Å². The fraction of sp³-hybridized carbons (Fsp3) is 0.250. The Kier molecular flexibility index (Phi) is 5.20. The molecule has 0 rings (SSSR count). The van der Waals surface area contributed by atoms with Crippen LogP contribution in [0.1, 0.15) is 0 Å². The van der Waals surface area contributed by atoms with Gasteiger partial charge in [0.1, 0.15) is 0 Å². The van der Waals surface area contributed by atoms with Crippen LogP contribution >= 0.6 is 0 Å². The molecule has 2 atom stereocenters. The van der Waals surface area contributed by atoms with E-state index in [2.05, 4.69) is 13.2 Å². The largest absolute Gasteiger partial charge is 0.369 e. The molecule has 0 bridgehead atoms. The zero-order chi connectivity index (χ0) is 11.1. The lowest BCUT2D eigenvalue weighted by atomic mass is 10.4. The van der Waals surface area contributed by atoms with Crippen LogP contribution in [0, 0.1) is 0 Å². The molecule has 1 unspecified atom stereocenters. The fourth-order valence-electron chi connectivity index (χ4n) is 0.567. The molecule has 0 saturated carbocycles. The number of rotatable bonds is 5. The van der Waals surface area contributed by atoms with E-state index in [1.54, 1.807) is 0 Å². The fourth-order valence-corrected chi connectivity index (χ4v) is 0.567. The molecule has 6 nitrogen and oxygen atoms in total. The van der Waals surface area contributed by atoms with Gasteiger partial charge in [0, 0.05) is 0 Å². The Morgan fingerprint density at radius 2 is 1.29 bits per heavy atom. The molecule has 0 heterocycles. The Morgan fingerprint density at radius 1 is 1.00 bits per heavy atom. The zero-order valence-electron chi connectivity index (χ0n) is 7.43. The van der Waals surface area contributed by atoms with Crippen LogP contribution in [-0.2, 0) is 9.59 Å². The molecule has 78 valence electrons. The van der Waals surface area contributed by atoms with Gasteiger partial charge in [-0.3, -0.25) is 9.59 Å². The lowest BCUT2D eigenvalue weighted by molar-refractivity contribution is -0.128. The van der Waals surface area contributed by atoms with Crippen molar-refractivity contribution in [3.8, 4) is 0 Å². The van der Waals surface area contributed by atoms with Crippen LogP contribution in [0.2, 0.25) is 0 Å². The zero-order valence-corrected chi connectivity index (χ0v) is 7.43. The number of hydrogen-bond acceptors (Lipinski definition) is 4. The Bertz CT molecular complexity index is 226. The highest BCUT2D eigenvalue weighted by Gasteiger charge is 2.17. The lowest BCUT2D eigenvalue weighted by Crippen LogP contribution is -2.51. The Hall–Kier alpha value is -1.66. The molecule has 14 heavy (non-hydrogen) atoms. The monoisotopic (exact) mass is 200 g/mol. The molecule has 0 aromatic heterocycles. The lowest BCUT2D eigenvalue weighted by Gasteiger charge is -2.18. The summed E-state index contributed by atoms with van der Waals surface area (Å²) in [7, 11) is 0. The van der Waals surface area contributed by atoms with Crippen LogP contribution in [0.3, 0.4) is 0 Å². The van der Waals surface area contributed by atoms with E-state index in [0.29, 0.717) is 0 Å². The van der Waals surface area contributed by atoms with Crippen molar-refractivity contribution in [1.29, 1.82) is 0 Å². The van der Waals surface area contributed by atoms with E-state index in [1.165, 1.54) is 0 Å². The first kappa shape index (κ1) is 12.3. The SMILES string of the molecule is C=CC(=O)NC(O)[C@H](O)NC(=O)C=C. The van der Waals surface area contributed by atoms with Crippen LogP contribution in [0.25, 0.3) is 0 Å². The van der Waals surface area contributed by atoms with Crippen molar-refractivity contribution in [1.82, 2.24) is 10.6 Å². The number of carbonyl (C=O) groups is 2. The molecule has 2 amide bonds. The van der Waals surface area contributed by atoms with Crippen molar-refractivity contribution in [3.05, 3.63) is 25.3 Å². The normalized spacial score (nSPS) is 13.6. The standard InChI is InChI=1S/C8H12N2O4/c1-3-5(11)9-7(13)8(14)10-6(12)4-2/h3-4,7-8,13-14H,1-2H2,(H,9,11)(H,10,12)/t7-,8?/m0/s1. The van der Waals surface area contributed by atoms with E-state index in [4.69, 9.17) is 10.2 Å². The number of nitrogens with one attached hydrogen (secondary N) is 2. The third-order valence-corrected chi connectivity index (χ3v) is 1.25. The van der Waals surface area contributed by atoms with Gasteiger partial charge in [-0.05, 0) is 12.2 Å². The Balaban J connectivity index is 4.04. The highest BCUT2D eigenvalue weighted by Crippen LogP contribution is 1.86. The summed E-state index contributed by atoms with van der Waals surface area (Å²) >= 11 is 0. The molecular weight excluding hydrogens is 188 g/mol. The van der Waals surface area contributed by atoms with Gasteiger partial charge in [-0.25, -0.2) is 0 Å². The van der Waals surface area contributed by atoms with Gasteiger partial charge < -0.3 is 20.8 Å². The summed E-state index contributed by atoms with van der Waals surface area (Å²) in [4.78, 5) is 21.3. The third kappa shape index (κ3) is 4.39. The van der Waals surface area contributed by atoms with Gasteiger partial charge in [0.05, 0.1) is 0 Å².